The van der Waals surface area contributed by atoms with Crippen molar-refractivity contribution in [2.45, 2.75) is 17.1 Å². The lowest BCUT2D eigenvalue weighted by molar-refractivity contribution is -0.121. The number of likely N-dealkylation sites (tertiary alicyclic amines) is 1. The van der Waals surface area contributed by atoms with Crippen LogP contribution in [0, 0.1) is 11.7 Å². The fourth-order valence-corrected chi connectivity index (χ4v) is 6.44. The van der Waals surface area contributed by atoms with E-state index in [1.807, 2.05) is 0 Å². The summed E-state index contributed by atoms with van der Waals surface area (Å²) in [6, 6.07) is 5.62. The van der Waals surface area contributed by atoms with E-state index in [4.69, 9.17) is 5.73 Å². The zero-order valence-corrected chi connectivity index (χ0v) is 19.0. The van der Waals surface area contributed by atoms with Gasteiger partial charge in [-0.25, -0.2) is 17.8 Å². The number of rotatable bonds is 7. The largest absolute Gasteiger partial charge is 0.329 e. The lowest BCUT2D eigenvalue weighted by Gasteiger charge is -2.30. The highest BCUT2D eigenvalue weighted by Gasteiger charge is 2.25. The van der Waals surface area contributed by atoms with Crippen LogP contribution >= 0.6 is 22.7 Å². The second-order valence-corrected chi connectivity index (χ2v) is 11.1. The fourth-order valence-electron chi connectivity index (χ4n) is 3.50. The average molecular weight is 484 g/mol. The van der Waals surface area contributed by atoms with E-state index in [0.717, 1.165) is 43.8 Å². The van der Waals surface area contributed by atoms with Crippen molar-refractivity contribution in [1.82, 2.24) is 9.88 Å². The molecule has 1 aliphatic rings. The van der Waals surface area contributed by atoms with Crippen LogP contribution in [0.25, 0.3) is 10.2 Å². The second kappa shape index (κ2) is 9.17. The quantitative estimate of drug-likeness (QED) is 0.476. The Morgan fingerprint density at radius 1 is 1.32 bits per heavy atom. The van der Waals surface area contributed by atoms with E-state index in [1.165, 1.54) is 29.5 Å². The topological polar surface area (TPSA) is 117 Å². The normalized spacial score (nSPS) is 15.9. The number of fused-ring (bicyclic) bond motifs is 1. The Balaban J connectivity index is 1.47. The van der Waals surface area contributed by atoms with Crippen LogP contribution in [-0.4, -0.2) is 50.4 Å². The Bertz CT molecular complexity index is 1170. The molecule has 1 aromatic carbocycles. The van der Waals surface area contributed by atoms with Gasteiger partial charge in [0.2, 0.25) is 5.91 Å². The fraction of sp³-hybridized carbons (Fsp3) is 0.368. The first kappa shape index (κ1) is 22.1. The lowest BCUT2D eigenvalue weighted by atomic mass is 9.96. The molecule has 0 unspecified atom stereocenters. The van der Waals surface area contributed by atoms with Gasteiger partial charge in [0.1, 0.15) is 10.0 Å². The molecule has 12 heteroatoms. The number of halogens is 1. The molecule has 0 saturated carbocycles. The minimum absolute atomic E-state index is 0.0989. The lowest BCUT2D eigenvalue weighted by Crippen LogP contribution is -2.40. The molecule has 2 aromatic heterocycles. The van der Waals surface area contributed by atoms with Crippen LogP contribution in [0.5, 0.6) is 0 Å². The molecule has 8 nitrogen and oxygen atoms in total. The Kier molecular flexibility index (Phi) is 6.53. The van der Waals surface area contributed by atoms with Crippen molar-refractivity contribution in [3.8, 4) is 0 Å². The number of carbonyl (C=O) groups is 1. The third-order valence-corrected chi connectivity index (χ3v) is 8.81. The van der Waals surface area contributed by atoms with E-state index < -0.39 is 15.8 Å². The molecular weight excluding hydrogens is 461 g/mol. The molecule has 0 aliphatic carbocycles. The van der Waals surface area contributed by atoms with Gasteiger partial charge in [-0.3, -0.25) is 9.52 Å². The number of sulfonamides is 1. The van der Waals surface area contributed by atoms with Gasteiger partial charge in [0.05, 0.1) is 15.9 Å². The van der Waals surface area contributed by atoms with Crippen LogP contribution in [0.3, 0.4) is 0 Å². The maximum Gasteiger partial charge on any atom is 0.271 e. The number of thiazole rings is 1. The first-order valence-electron chi connectivity index (χ1n) is 9.75. The van der Waals surface area contributed by atoms with Crippen LogP contribution in [0.15, 0.2) is 33.9 Å². The van der Waals surface area contributed by atoms with Crippen molar-refractivity contribution in [3.05, 3.63) is 35.5 Å². The molecule has 3 aromatic rings. The van der Waals surface area contributed by atoms with Crippen LogP contribution < -0.4 is 15.8 Å². The van der Waals surface area contributed by atoms with Crippen molar-refractivity contribution in [3.63, 3.8) is 0 Å². The van der Waals surface area contributed by atoms with E-state index in [1.54, 1.807) is 11.4 Å². The number of benzene rings is 1. The summed E-state index contributed by atoms with van der Waals surface area (Å²) in [4.78, 5) is 19.1. The number of nitrogens with one attached hydrogen (secondary N) is 2. The summed E-state index contributed by atoms with van der Waals surface area (Å²) in [7, 11) is -3.87. The van der Waals surface area contributed by atoms with Gasteiger partial charge in [-0.2, -0.15) is 0 Å². The van der Waals surface area contributed by atoms with Crippen LogP contribution in [0.2, 0.25) is 0 Å². The summed E-state index contributed by atoms with van der Waals surface area (Å²) >= 11 is 2.22. The van der Waals surface area contributed by atoms with Crippen molar-refractivity contribution in [2.24, 2.45) is 11.7 Å². The smallest absolute Gasteiger partial charge is 0.271 e. The Morgan fingerprint density at radius 3 is 2.77 bits per heavy atom. The van der Waals surface area contributed by atoms with Gasteiger partial charge in [0.25, 0.3) is 10.0 Å². The standard InChI is InChI=1S/C19H22FN5O3S3/c20-13-10-15-16(11-14(13)24-31(27,28)17-2-1-9-29-17)30-19(22-15)23-18(26)12-3-6-25(7-4-12)8-5-21/h1-2,9-12,24H,3-8,21H2,(H,22,23,26). The van der Waals surface area contributed by atoms with Crippen LogP contribution in [0.4, 0.5) is 15.2 Å². The maximum atomic E-state index is 14.5. The molecule has 1 aliphatic heterocycles. The van der Waals surface area contributed by atoms with Crippen LogP contribution in [-0.2, 0) is 14.8 Å². The summed E-state index contributed by atoms with van der Waals surface area (Å²) in [6.45, 7) is 3.09. The maximum absolute atomic E-state index is 14.5. The summed E-state index contributed by atoms with van der Waals surface area (Å²) in [5.74, 6) is -0.945. The third-order valence-electron chi connectivity index (χ3n) is 5.12. The number of nitrogens with two attached hydrogens (primary N) is 1. The molecule has 1 amide bonds. The highest BCUT2D eigenvalue weighted by molar-refractivity contribution is 7.94. The molecule has 0 bridgehead atoms. The van der Waals surface area contributed by atoms with E-state index >= 15 is 0 Å². The Hall–Kier alpha value is -2.12. The number of hydrogen-bond donors (Lipinski definition) is 3. The predicted molar refractivity (Wildman–Crippen MR) is 122 cm³/mol. The molecule has 1 fully saturated rings. The first-order valence-corrected chi connectivity index (χ1v) is 12.9. The number of nitrogens with zero attached hydrogens (tertiary/aromatic N) is 2. The van der Waals surface area contributed by atoms with E-state index in [0.29, 0.717) is 21.9 Å². The average Bonchev–Trinajstić information content (AvgIpc) is 3.39. The van der Waals surface area contributed by atoms with Crippen molar-refractivity contribution < 1.29 is 17.6 Å². The van der Waals surface area contributed by atoms with Gasteiger partial charge in [0, 0.05) is 25.1 Å². The number of thiophene rings is 1. The van der Waals surface area contributed by atoms with E-state index in [2.05, 4.69) is 19.9 Å². The number of hydrogen-bond acceptors (Lipinski definition) is 8. The summed E-state index contributed by atoms with van der Waals surface area (Å²) in [5.41, 5.74) is 5.78. The molecule has 0 radical (unpaired) electrons. The Morgan fingerprint density at radius 2 is 2.10 bits per heavy atom. The first-order chi connectivity index (χ1) is 14.9. The van der Waals surface area contributed by atoms with Crippen LogP contribution in [0.1, 0.15) is 12.8 Å². The van der Waals surface area contributed by atoms with Gasteiger partial charge >= 0.3 is 0 Å². The molecule has 31 heavy (non-hydrogen) atoms. The predicted octanol–water partition coefficient (Wildman–Crippen LogP) is 2.91. The highest BCUT2D eigenvalue weighted by atomic mass is 32.2. The zero-order valence-electron chi connectivity index (χ0n) is 16.5. The zero-order chi connectivity index (χ0) is 22.0. The third kappa shape index (κ3) is 5.04. The van der Waals surface area contributed by atoms with Gasteiger partial charge < -0.3 is 16.0 Å². The van der Waals surface area contributed by atoms with E-state index in [9.17, 15) is 17.6 Å². The van der Waals surface area contributed by atoms with Gasteiger partial charge in [-0.05, 0) is 43.4 Å². The highest BCUT2D eigenvalue weighted by Crippen LogP contribution is 2.32. The number of amides is 1. The molecule has 166 valence electrons. The van der Waals surface area contributed by atoms with E-state index in [-0.39, 0.29) is 21.7 Å². The van der Waals surface area contributed by atoms with Gasteiger partial charge in [-0.1, -0.05) is 17.4 Å². The SMILES string of the molecule is NCCN1CCC(C(=O)Nc2nc3cc(F)c(NS(=O)(=O)c4cccs4)cc3s2)CC1. The summed E-state index contributed by atoms with van der Waals surface area (Å²) in [5, 5.41) is 4.82. The minimum Gasteiger partial charge on any atom is -0.329 e. The monoisotopic (exact) mass is 483 g/mol. The molecule has 4 N–H and O–H groups in total. The number of piperidine rings is 1. The Labute approximate surface area is 187 Å². The molecule has 0 atom stereocenters. The minimum atomic E-state index is -3.87. The molecule has 3 heterocycles. The molecule has 1 saturated heterocycles. The number of anilines is 2. The van der Waals surface area contributed by atoms with Crippen molar-refractivity contribution >= 4 is 59.6 Å². The summed E-state index contributed by atoms with van der Waals surface area (Å²) in [6.07, 6.45) is 1.50. The van der Waals surface area contributed by atoms with Gasteiger partial charge in [0.15, 0.2) is 5.13 Å². The molecule has 0 spiro atoms. The summed E-state index contributed by atoms with van der Waals surface area (Å²) < 4.78 is 42.2. The second-order valence-electron chi connectivity index (χ2n) is 7.25. The number of aromatic nitrogens is 1. The number of carbonyl (C=O) groups excluding carboxylic acids is 1. The molecular formula is C19H22FN5O3S3. The van der Waals surface area contributed by atoms with Gasteiger partial charge in [-0.15, -0.1) is 11.3 Å². The van der Waals surface area contributed by atoms with Crippen molar-refractivity contribution in [2.75, 3.05) is 36.2 Å². The van der Waals surface area contributed by atoms with Crippen molar-refractivity contribution in [1.29, 1.82) is 0 Å². The molecule has 4 rings (SSSR count).